The number of aryl methyl sites for hydroxylation is 1. The van der Waals surface area contributed by atoms with Gasteiger partial charge in [-0.05, 0) is 55.0 Å². The zero-order chi connectivity index (χ0) is 22.4. The molecule has 0 heterocycles. The van der Waals surface area contributed by atoms with Crippen LogP contribution in [-0.2, 0) is 16.6 Å². The van der Waals surface area contributed by atoms with Crippen LogP contribution >= 0.6 is 0 Å². The van der Waals surface area contributed by atoms with Crippen molar-refractivity contribution in [2.45, 2.75) is 18.4 Å². The van der Waals surface area contributed by atoms with Gasteiger partial charge in [-0.2, -0.15) is 0 Å². The Balaban J connectivity index is 1.74. The van der Waals surface area contributed by atoms with Gasteiger partial charge in [0.2, 0.25) is 0 Å². The van der Waals surface area contributed by atoms with Gasteiger partial charge >= 0.3 is 0 Å². The SMILES string of the molecule is COc1cccc(OC)c1CNC(=O)c1ccc(NS(=O)(=O)c2ccccc2)c(C)c1. The molecule has 0 atom stereocenters. The molecule has 0 bridgehead atoms. The molecule has 0 saturated heterocycles. The number of benzene rings is 3. The summed E-state index contributed by atoms with van der Waals surface area (Å²) in [6.07, 6.45) is 0. The maximum Gasteiger partial charge on any atom is 0.261 e. The van der Waals surface area contributed by atoms with Crippen LogP contribution in [0.3, 0.4) is 0 Å². The minimum Gasteiger partial charge on any atom is -0.496 e. The van der Waals surface area contributed by atoms with Crippen LogP contribution in [0.2, 0.25) is 0 Å². The molecule has 0 radical (unpaired) electrons. The van der Waals surface area contributed by atoms with Crippen molar-refractivity contribution in [2.24, 2.45) is 0 Å². The van der Waals surface area contributed by atoms with Crippen LogP contribution in [0.1, 0.15) is 21.5 Å². The van der Waals surface area contributed by atoms with Crippen molar-refractivity contribution in [3.63, 3.8) is 0 Å². The highest BCUT2D eigenvalue weighted by atomic mass is 32.2. The molecule has 3 rings (SSSR count). The molecule has 7 nitrogen and oxygen atoms in total. The Morgan fingerprint density at radius 1 is 0.903 bits per heavy atom. The Bertz CT molecular complexity index is 1160. The van der Waals surface area contributed by atoms with Gasteiger partial charge in [0, 0.05) is 5.56 Å². The Labute approximate surface area is 182 Å². The predicted molar refractivity (Wildman–Crippen MR) is 119 cm³/mol. The van der Waals surface area contributed by atoms with Crippen molar-refractivity contribution in [1.82, 2.24) is 5.32 Å². The van der Waals surface area contributed by atoms with Crippen molar-refractivity contribution >= 4 is 21.6 Å². The topological polar surface area (TPSA) is 93.7 Å². The van der Waals surface area contributed by atoms with Crippen LogP contribution in [0, 0.1) is 6.92 Å². The summed E-state index contributed by atoms with van der Waals surface area (Å²) in [5.74, 6) is 0.927. The first-order valence-electron chi connectivity index (χ1n) is 9.52. The maximum absolute atomic E-state index is 12.7. The molecule has 2 N–H and O–H groups in total. The van der Waals surface area contributed by atoms with E-state index in [0.29, 0.717) is 28.3 Å². The second-order valence-electron chi connectivity index (χ2n) is 6.77. The largest absolute Gasteiger partial charge is 0.496 e. The molecule has 0 aromatic heterocycles. The molecular weight excluding hydrogens is 416 g/mol. The van der Waals surface area contributed by atoms with E-state index in [1.165, 1.54) is 12.1 Å². The molecular formula is C23H24N2O5S. The van der Waals surface area contributed by atoms with E-state index in [2.05, 4.69) is 10.0 Å². The van der Waals surface area contributed by atoms with E-state index in [9.17, 15) is 13.2 Å². The second kappa shape index (κ2) is 9.53. The first-order chi connectivity index (χ1) is 14.9. The van der Waals surface area contributed by atoms with Gasteiger partial charge in [0.05, 0.1) is 36.9 Å². The lowest BCUT2D eigenvalue weighted by Gasteiger charge is -2.14. The van der Waals surface area contributed by atoms with Gasteiger partial charge in [-0.15, -0.1) is 0 Å². The predicted octanol–water partition coefficient (Wildman–Crippen LogP) is 3.74. The van der Waals surface area contributed by atoms with Gasteiger partial charge in [-0.25, -0.2) is 8.42 Å². The Morgan fingerprint density at radius 3 is 2.13 bits per heavy atom. The molecule has 1 amide bonds. The molecule has 0 aliphatic rings. The van der Waals surface area contributed by atoms with Crippen molar-refractivity contribution < 1.29 is 22.7 Å². The zero-order valence-electron chi connectivity index (χ0n) is 17.5. The molecule has 0 spiro atoms. The number of hydrogen-bond acceptors (Lipinski definition) is 5. The Morgan fingerprint density at radius 2 is 1.55 bits per heavy atom. The van der Waals surface area contributed by atoms with Crippen molar-refractivity contribution in [1.29, 1.82) is 0 Å². The second-order valence-corrected chi connectivity index (χ2v) is 8.45. The molecule has 3 aromatic rings. The third-order valence-corrected chi connectivity index (χ3v) is 6.12. The van der Waals surface area contributed by atoms with Crippen LogP contribution in [-0.4, -0.2) is 28.5 Å². The number of carbonyl (C=O) groups is 1. The fourth-order valence-corrected chi connectivity index (χ4v) is 4.25. The Kier molecular flexibility index (Phi) is 6.81. The number of methoxy groups -OCH3 is 2. The molecule has 8 heteroatoms. The van der Waals surface area contributed by atoms with Gasteiger partial charge in [0.1, 0.15) is 11.5 Å². The van der Waals surface area contributed by atoms with Gasteiger partial charge in [0.25, 0.3) is 15.9 Å². The third-order valence-electron chi connectivity index (χ3n) is 4.74. The van der Waals surface area contributed by atoms with Gasteiger partial charge in [0.15, 0.2) is 0 Å². The number of nitrogens with one attached hydrogen (secondary N) is 2. The van der Waals surface area contributed by atoms with Crippen molar-refractivity contribution in [3.05, 3.63) is 83.4 Å². The zero-order valence-corrected chi connectivity index (χ0v) is 18.3. The van der Waals surface area contributed by atoms with E-state index < -0.39 is 10.0 Å². The average molecular weight is 441 g/mol. The Hall–Kier alpha value is -3.52. The van der Waals surface area contributed by atoms with Crippen LogP contribution < -0.4 is 19.5 Å². The summed E-state index contributed by atoms with van der Waals surface area (Å²) >= 11 is 0. The summed E-state index contributed by atoms with van der Waals surface area (Å²) in [4.78, 5) is 12.8. The molecule has 0 unspecified atom stereocenters. The maximum atomic E-state index is 12.7. The molecule has 0 saturated carbocycles. The number of ether oxygens (including phenoxy) is 2. The van der Waals surface area contributed by atoms with E-state index in [0.717, 1.165) is 5.56 Å². The molecule has 162 valence electrons. The number of carbonyl (C=O) groups excluding carboxylic acids is 1. The molecule has 0 fully saturated rings. The lowest BCUT2D eigenvalue weighted by Crippen LogP contribution is -2.23. The summed E-state index contributed by atoms with van der Waals surface area (Å²) < 4.78 is 38.3. The first-order valence-corrected chi connectivity index (χ1v) is 11.0. The fourth-order valence-electron chi connectivity index (χ4n) is 3.10. The van der Waals surface area contributed by atoms with Crippen molar-refractivity contribution in [3.8, 4) is 11.5 Å². The van der Waals surface area contributed by atoms with Gasteiger partial charge in [-0.3, -0.25) is 9.52 Å². The highest BCUT2D eigenvalue weighted by Gasteiger charge is 2.16. The summed E-state index contributed by atoms with van der Waals surface area (Å²) in [7, 11) is -0.600. The van der Waals surface area contributed by atoms with Crippen molar-refractivity contribution in [2.75, 3.05) is 18.9 Å². The fraction of sp³-hybridized carbons (Fsp3) is 0.174. The van der Waals surface area contributed by atoms with E-state index in [1.807, 2.05) is 6.07 Å². The van der Waals surface area contributed by atoms with Gasteiger partial charge in [-0.1, -0.05) is 24.3 Å². The van der Waals surface area contributed by atoms with E-state index >= 15 is 0 Å². The number of sulfonamides is 1. The molecule has 31 heavy (non-hydrogen) atoms. The van der Waals surface area contributed by atoms with E-state index in [-0.39, 0.29) is 17.3 Å². The average Bonchev–Trinajstić information content (AvgIpc) is 2.78. The van der Waals surface area contributed by atoms with Crippen LogP contribution in [0.15, 0.2) is 71.6 Å². The molecule has 3 aromatic carbocycles. The van der Waals surface area contributed by atoms with Crippen LogP contribution in [0.25, 0.3) is 0 Å². The lowest BCUT2D eigenvalue weighted by molar-refractivity contribution is 0.0950. The molecule has 0 aliphatic heterocycles. The monoisotopic (exact) mass is 440 g/mol. The number of hydrogen-bond donors (Lipinski definition) is 2. The highest BCUT2D eigenvalue weighted by molar-refractivity contribution is 7.92. The smallest absolute Gasteiger partial charge is 0.261 e. The van der Waals surface area contributed by atoms with Gasteiger partial charge < -0.3 is 14.8 Å². The number of anilines is 1. The van der Waals surface area contributed by atoms with E-state index in [4.69, 9.17) is 9.47 Å². The standard InChI is InChI=1S/C23H24N2O5S/c1-16-14-17(12-13-20(16)25-31(27,28)18-8-5-4-6-9-18)23(26)24-15-19-21(29-2)10-7-11-22(19)30-3/h4-14,25H,15H2,1-3H3,(H,24,26). The summed E-state index contributed by atoms with van der Waals surface area (Å²) in [6.45, 7) is 1.95. The minimum absolute atomic E-state index is 0.168. The number of amides is 1. The normalized spacial score (nSPS) is 10.9. The van der Waals surface area contributed by atoms with Crippen LogP contribution in [0.5, 0.6) is 11.5 Å². The summed E-state index contributed by atoms with van der Waals surface area (Å²) in [6, 6.07) is 18.3. The summed E-state index contributed by atoms with van der Waals surface area (Å²) in [5, 5.41) is 2.85. The number of rotatable bonds is 8. The first kappa shape index (κ1) is 22.2. The minimum atomic E-state index is -3.71. The third kappa shape index (κ3) is 5.16. The quantitative estimate of drug-likeness (QED) is 0.557. The summed E-state index contributed by atoms with van der Waals surface area (Å²) in [5.41, 5.74) is 2.17. The lowest BCUT2D eigenvalue weighted by atomic mass is 10.1. The van der Waals surface area contributed by atoms with Crippen LogP contribution in [0.4, 0.5) is 5.69 Å². The molecule has 0 aliphatic carbocycles. The van der Waals surface area contributed by atoms with E-state index in [1.54, 1.807) is 69.7 Å². The highest BCUT2D eigenvalue weighted by Crippen LogP contribution is 2.28.